The lowest BCUT2D eigenvalue weighted by Gasteiger charge is -2.55. The summed E-state index contributed by atoms with van der Waals surface area (Å²) in [6.45, 7) is 10.8. The second-order valence-electron chi connectivity index (χ2n) is 10.2. The number of hydrogen-bond donors (Lipinski definition) is 2. The molecule has 0 amide bonds. The summed E-state index contributed by atoms with van der Waals surface area (Å²) in [5.41, 5.74) is 0.417. The maximum atomic E-state index is 15.6. The van der Waals surface area contributed by atoms with Crippen LogP contribution in [0.5, 0.6) is 0 Å². The van der Waals surface area contributed by atoms with Gasteiger partial charge in [0, 0.05) is 28.9 Å². The van der Waals surface area contributed by atoms with Crippen molar-refractivity contribution in [1.29, 1.82) is 0 Å². The first-order chi connectivity index (χ1) is 15.0. The summed E-state index contributed by atoms with van der Waals surface area (Å²) < 4.78 is 20.9. The second kappa shape index (κ2) is 8.05. The van der Waals surface area contributed by atoms with Crippen molar-refractivity contribution in [2.24, 2.45) is 4.99 Å². The van der Waals surface area contributed by atoms with Crippen molar-refractivity contribution < 1.29 is 8.81 Å². The minimum atomic E-state index is -1.13. The lowest BCUT2D eigenvalue weighted by Crippen LogP contribution is -2.69. The van der Waals surface area contributed by atoms with Crippen LogP contribution in [0.25, 0.3) is 0 Å². The number of nitrogens with one attached hydrogen (secondary N) is 2. The molecule has 6 nitrogen and oxygen atoms in total. The molecule has 1 saturated heterocycles. The molecular formula is C25H34FN5O. The number of guanidine groups is 1. The van der Waals surface area contributed by atoms with Gasteiger partial charge in [0.25, 0.3) is 0 Å². The minimum absolute atomic E-state index is 0.0235. The Hall–Kier alpha value is -2.64. The molecule has 172 valence electrons. The van der Waals surface area contributed by atoms with Crippen LogP contribution in [0, 0.1) is 0 Å². The highest BCUT2D eigenvalue weighted by Gasteiger charge is 2.49. The molecule has 0 bridgehead atoms. The normalized spacial score (nSPS) is 25.9. The van der Waals surface area contributed by atoms with Gasteiger partial charge in [-0.2, -0.15) is 0 Å². The molecule has 1 aromatic heterocycles. The number of anilines is 2. The van der Waals surface area contributed by atoms with E-state index in [0.717, 1.165) is 24.2 Å². The summed E-state index contributed by atoms with van der Waals surface area (Å²) in [5, 5.41) is 7.01. The monoisotopic (exact) mass is 439 g/mol. The van der Waals surface area contributed by atoms with Gasteiger partial charge in [-0.05, 0) is 66.6 Å². The highest BCUT2D eigenvalue weighted by atomic mass is 19.1. The van der Waals surface area contributed by atoms with E-state index in [0.29, 0.717) is 5.96 Å². The summed E-state index contributed by atoms with van der Waals surface area (Å²) in [6, 6.07) is 11.7. The summed E-state index contributed by atoms with van der Waals surface area (Å²) in [4.78, 5) is 8.67. The predicted octanol–water partition coefficient (Wildman–Crippen LogP) is 5.34. The van der Waals surface area contributed by atoms with Gasteiger partial charge in [0.15, 0.2) is 11.5 Å². The zero-order chi connectivity index (χ0) is 23.1. The van der Waals surface area contributed by atoms with Crippen molar-refractivity contribution in [2.75, 3.05) is 17.3 Å². The fourth-order valence-corrected chi connectivity index (χ4v) is 5.13. The van der Waals surface area contributed by atoms with Gasteiger partial charge in [-0.15, -0.1) is 0 Å². The quantitative estimate of drug-likeness (QED) is 0.674. The fraction of sp³-hybridized carbons (Fsp3) is 0.480. The van der Waals surface area contributed by atoms with Crippen LogP contribution in [-0.2, 0) is 0 Å². The number of hydrogen-bond acceptors (Lipinski definition) is 6. The van der Waals surface area contributed by atoms with Gasteiger partial charge < -0.3 is 9.73 Å². The molecule has 2 aliphatic heterocycles. The molecule has 1 fully saturated rings. The summed E-state index contributed by atoms with van der Waals surface area (Å²) >= 11 is 0. The topological polar surface area (TPSA) is 56.0 Å². The van der Waals surface area contributed by atoms with Gasteiger partial charge in [0.1, 0.15) is 6.26 Å². The predicted molar refractivity (Wildman–Crippen MR) is 128 cm³/mol. The number of furan rings is 1. The summed E-state index contributed by atoms with van der Waals surface area (Å²) in [5.74, 6) is 0.187. The molecule has 7 heteroatoms. The van der Waals surface area contributed by atoms with Crippen molar-refractivity contribution in [2.45, 2.75) is 70.2 Å². The van der Waals surface area contributed by atoms with E-state index in [-0.39, 0.29) is 22.9 Å². The van der Waals surface area contributed by atoms with Gasteiger partial charge in [0.05, 0.1) is 18.2 Å². The molecule has 2 N–H and O–H groups in total. The number of aliphatic imine (C=N–C) groups is 1. The zero-order valence-electron chi connectivity index (χ0n) is 19.8. The smallest absolute Gasteiger partial charge is 0.209 e. The Labute approximate surface area is 190 Å². The second-order valence-corrected chi connectivity index (χ2v) is 10.2. The van der Waals surface area contributed by atoms with Crippen LogP contribution in [-0.4, -0.2) is 40.7 Å². The molecule has 0 saturated carbocycles. The lowest BCUT2D eigenvalue weighted by molar-refractivity contribution is -0.0226. The number of likely N-dealkylation sites (tertiary alicyclic amines) is 1. The van der Waals surface area contributed by atoms with Gasteiger partial charge in [0.2, 0.25) is 5.96 Å². The van der Waals surface area contributed by atoms with Gasteiger partial charge >= 0.3 is 0 Å². The SMILES string of the molecule is CN1C(C)(C)CC(NC2(C)C(F)=CN=C(Nc3ccccc3)N2c2ccoc2)CC1(C)C. The number of para-hydroxylation sites is 1. The first-order valence-electron chi connectivity index (χ1n) is 11.1. The lowest BCUT2D eigenvalue weighted by atomic mass is 9.77. The Morgan fingerprint density at radius 1 is 1.03 bits per heavy atom. The van der Waals surface area contributed by atoms with Crippen molar-refractivity contribution in [3.05, 3.63) is 61.0 Å². The Bertz CT molecular complexity index is 981. The van der Waals surface area contributed by atoms with Crippen LogP contribution < -0.4 is 15.5 Å². The van der Waals surface area contributed by atoms with E-state index in [1.807, 2.05) is 48.2 Å². The molecule has 0 spiro atoms. The van der Waals surface area contributed by atoms with E-state index in [4.69, 9.17) is 4.42 Å². The third-order valence-corrected chi connectivity index (χ3v) is 7.01. The number of nitrogens with zero attached hydrogens (tertiary/aromatic N) is 3. The first-order valence-corrected chi connectivity index (χ1v) is 11.1. The van der Waals surface area contributed by atoms with Crippen LogP contribution >= 0.6 is 0 Å². The molecule has 0 aliphatic carbocycles. The number of rotatable bonds is 4. The molecule has 1 atom stereocenters. The van der Waals surface area contributed by atoms with E-state index < -0.39 is 5.66 Å². The van der Waals surface area contributed by atoms with E-state index in [1.165, 1.54) is 6.20 Å². The molecular weight excluding hydrogens is 405 g/mol. The molecule has 2 aliphatic rings. The first kappa shape index (κ1) is 22.6. The maximum Gasteiger partial charge on any atom is 0.209 e. The summed E-state index contributed by atoms with van der Waals surface area (Å²) in [7, 11) is 2.17. The van der Waals surface area contributed by atoms with Gasteiger partial charge in [-0.3, -0.25) is 15.1 Å². The molecule has 4 rings (SSSR count). The van der Waals surface area contributed by atoms with E-state index in [1.54, 1.807) is 12.5 Å². The Balaban J connectivity index is 1.69. The molecule has 3 heterocycles. The van der Waals surface area contributed by atoms with Crippen molar-refractivity contribution in [3.8, 4) is 0 Å². The van der Waals surface area contributed by atoms with Crippen LogP contribution in [0.2, 0.25) is 0 Å². The molecule has 32 heavy (non-hydrogen) atoms. The number of halogens is 1. The highest BCUT2D eigenvalue weighted by Crippen LogP contribution is 2.40. The Morgan fingerprint density at radius 2 is 1.69 bits per heavy atom. The summed E-state index contributed by atoms with van der Waals surface area (Å²) in [6.07, 6.45) is 6.30. The van der Waals surface area contributed by atoms with E-state index in [9.17, 15) is 0 Å². The third-order valence-electron chi connectivity index (χ3n) is 7.01. The average molecular weight is 440 g/mol. The van der Waals surface area contributed by atoms with Crippen molar-refractivity contribution >= 4 is 17.3 Å². The van der Waals surface area contributed by atoms with Gasteiger partial charge in [-0.25, -0.2) is 9.38 Å². The molecule has 1 unspecified atom stereocenters. The average Bonchev–Trinajstić information content (AvgIpc) is 3.23. The number of benzene rings is 1. The zero-order valence-corrected chi connectivity index (χ0v) is 19.8. The minimum Gasteiger partial charge on any atom is -0.470 e. The highest BCUT2D eigenvalue weighted by molar-refractivity contribution is 6.07. The van der Waals surface area contributed by atoms with E-state index in [2.05, 4.69) is 55.3 Å². The molecule has 0 radical (unpaired) electrons. The van der Waals surface area contributed by atoms with Crippen molar-refractivity contribution in [1.82, 2.24) is 10.2 Å². The maximum absolute atomic E-state index is 15.6. The van der Waals surface area contributed by atoms with Gasteiger partial charge in [-0.1, -0.05) is 18.2 Å². The van der Waals surface area contributed by atoms with E-state index >= 15 is 4.39 Å². The van der Waals surface area contributed by atoms with Crippen LogP contribution in [0.1, 0.15) is 47.5 Å². The molecule has 2 aromatic rings. The largest absolute Gasteiger partial charge is 0.470 e. The van der Waals surface area contributed by atoms with Crippen LogP contribution in [0.15, 0.2) is 70.4 Å². The Kier molecular flexibility index (Phi) is 5.67. The molecule has 1 aromatic carbocycles. The fourth-order valence-electron chi connectivity index (χ4n) is 5.13. The third kappa shape index (κ3) is 4.07. The van der Waals surface area contributed by atoms with Crippen molar-refractivity contribution in [3.63, 3.8) is 0 Å². The standard InChI is InChI=1S/C25H34FN5O/c1-23(2)14-19(15-24(3,4)30(23)6)29-25(5)21(26)16-27-22(28-18-10-8-7-9-11-18)31(25)20-12-13-32-17-20/h7-13,16-17,19,29H,14-15H2,1-6H3,(H,27,28). The van der Waals surface area contributed by atoms with Crippen LogP contribution in [0.4, 0.5) is 15.8 Å². The number of piperidine rings is 1. The van der Waals surface area contributed by atoms with Crippen LogP contribution in [0.3, 0.4) is 0 Å². The Morgan fingerprint density at radius 3 is 2.28 bits per heavy atom.